The second-order valence-electron chi connectivity index (χ2n) is 4.43. The van der Waals surface area contributed by atoms with E-state index in [2.05, 4.69) is 29.3 Å². The van der Waals surface area contributed by atoms with E-state index < -0.39 is 0 Å². The van der Waals surface area contributed by atoms with Crippen LogP contribution in [-0.4, -0.2) is 13.6 Å². The van der Waals surface area contributed by atoms with Gasteiger partial charge in [-0.25, -0.2) is 0 Å². The van der Waals surface area contributed by atoms with Gasteiger partial charge in [0.05, 0.1) is 11.5 Å². The van der Waals surface area contributed by atoms with Gasteiger partial charge in [0.25, 0.3) is 0 Å². The van der Waals surface area contributed by atoms with Gasteiger partial charge in [-0.3, -0.25) is 0 Å². The third kappa shape index (κ3) is 2.67. The van der Waals surface area contributed by atoms with Crippen LogP contribution in [0.15, 0.2) is 24.3 Å². The molecule has 1 aliphatic rings. The van der Waals surface area contributed by atoms with Crippen LogP contribution in [0.25, 0.3) is 0 Å². The van der Waals surface area contributed by atoms with Crippen LogP contribution in [0, 0.1) is 23.2 Å². The molecule has 1 aliphatic carbocycles. The number of rotatable bonds is 3. The fourth-order valence-corrected chi connectivity index (χ4v) is 1.84. The van der Waals surface area contributed by atoms with Crippen molar-refractivity contribution in [3.05, 3.63) is 35.4 Å². The van der Waals surface area contributed by atoms with Crippen LogP contribution in [0.1, 0.15) is 30.4 Å². The van der Waals surface area contributed by atoms with Gasteiger partial charge in [0.15, 0.2) is 0 Å². The Balaban J connectivity index is 2.12. The van der Waals surface area contributed by atoms with E-state index >= 15 is 0 Å². The molecule has 0 saturated heterocycles. The van der Waals surface area contributed by atoms with Gasteiger partial charge in [0.1, 0.15) is 0 Å². The average Bonchev–Trinajstić information content (AvgIpc) is 3.16. The maximum atomic E-state index is 9.15. The Kier molecular flexibility index (Phi) is 3.47. The molecule has 2 rings (SSSR count). The Bertz CT molecular complexity index is 496. The summed E-state index contributed by atoms with van der Waals surface area (Å²) in [5.74, 6) is 6.27. The van der Waals surface area contributed by atoms with Gasteiger partial charge < -0.3 is 5.32 Å². The molecule has 1 aromatic carbocycles. The Morgan fingerprint density at radius 2 is 2.24 bits per heavy atom. The summed E-state index contributed by atoms with van der Waals surface area (Å²) in [7, 11) is 1.92. The Morgan fingerprint density at radius 1 is 1.41 bits per heavy atom. The van der Waals surface area contributed by atoms with Gasteiger partial charge >= 0.3 is 0 Å². The zero-order valence-corrected chi connectivity index (χ0v) is 10.1. The lowest BCUT2D eigenvalue weighted by Crippen LogP contribution is -2.06. The first kappa shape index (κ1) is 11.7. The van der Waals surface area contributed by atoms with Gasteiger partial charge in [-0.2, -0.15) is 5.26 Å². The van der Waals surface area contributed by atoms with Crippen LogP contribution < -0.4 is 5.32 Å². The summed E-state index contributed by atoms with van der Waals surface area (Å²) < 4.78 is 0. The number of nitrogens with one attached hydrogen (secondary N) is 1. The van der Waals surface area contributed by atoms with Gasteiger partial charge in [-0.1, -0.05) is 24.0 Å². The molecule has 0 aromatic heterocycles. The minimum absolute atomic E-state index is 0.206. The number of hydrogen-bond donors (Lipinski definition) is 1. The molecule has 17 heavy (non-hydrogen) atoms. The quantitative estimate of drug-likeness (QED) is 0.631. The fraction of sp³-hybridized carbons (Fsp3) is 0.400. The molecule has 0 atom stereocenters. The zero-order valence-electron chi connectivity index (χ0n) is 10.1. The van der Waals surface area contributed by atoms with Gasteiger partial charge in [-0.05, 0) is 37.6 Å². The summed E-state index contributed by atoms with van der Waals surface area (Å²) in [4.78, 5) is 0. The number of benzene rings is 1. The van der Waals surface area contributed by atoms with E-state index in [9.17, 15) is 0 Å². The van der Waals surface area contributed by atoms with Crippen molar-refractivity contribution in [1.82, 2.24) is 5.32 Å². The first-order valence-corrected chi connectivity index (χ1v) is 5.96. The normalized spacial score (nSPS) is 15.5. The molecular weight excluding hydrogens is 208 g/mol. The molecule has 1 fully saturated rings. The predicted molar refractivity (Wildman–Crippen MR) is 68.4 cm³/mol. The molecular formula is C15H16N2. The summed E-state index contributed by atoms with van der Waals surface area (Å²) in [5.41, 5.74) is 1.93. The van der Waals surface area contributed by atoms with Gasteiger partial charge in [-0.15, -0.1) is 0 Å². The van der Waals surface area contributed by atoms with Crippen molar-refractivity contribution >= 4 is 0 Å². The molecule has 0 amide bonds. The van der Waals surface area contributed by atoms with Crippen molar-refractivity contribution < 1.29 is 0 Å². The largest absolute Gasteiger partial charge is 0.319 e. The van der Waals surface area contributed by atoms with Crippen LogP contribution in [0.2, 0.25) is 0 Å². The monoisotopic (exact) mass is 224 g/mol. The standard InChI is InChI=1S/C15H16N2/c1-17-10-3-2-5-13-6-4-7-14(11-13)15(12-16)8-9-15/h4,6-7,11,17H,3,8-10H2,1H3. The molecule has 1 aromatic rings. The van der Waals surface area contributed by atoms with E-state index in [0.29, 0.717) is 0 Å². The Labute approximate surface area is 103 Å². The highest BCUT2D eigenvalue weighted by Crippen LogP contribution is 2.47. The maximum Gasteiger partial charge on any atom is 0.0824 e. The van der Waals surface area contributed by atoms with Crippen LogP contribution >= 0.6 is 0 Å². The smallest absolute Gasteiger partial charge is 0.0824 e. The van der Waals surface area contributed by atoms with Crippen molar-refractivity contribution in [2.24, 2.45) is 0 Å². The van der Waals surface area contributed by atoms with Gasteiger partial charge in [0, 0.05) is 18.5 Å². The predicted octanol–water partition coefficient (Wildman–Crippen LogP) is 2.20. The third-order valence-corrected chi connectivity index (χ3v) is 3.11. The lowest BCUT2D eigenvalue weighted by atomic mass is 9.96. The summed E-state index contributed by atoms with van der Waals surface area (Å²) in [6.45, 7) is 0.912. The Hall–Kier alpha value is -1.77. The molecule has 0 aliphatic heterocycles. The molecule has 2 nitrogen and oxygen atoms in total. The SMILES string of the molecule is CNCCC#Cc1cccc(C2(C#N)CC2)c1. The van der Waals surface area contributed by atoms with Crippen LogP contribution in [-0.2, 0) is 5.41 Å². The molecule has 0 radical (unpaired) electrons. The molecule has 2 heteroatoms. The highest BCUT2D eigenvalue weighted by molar-refractivity contribution is 5.45. The average molecular weight is 224 g/mol. The fourth-order valence-electron chi connectivity index (χ4n) is 1.84. The summed E-state index contributed by atoms with van der Waals surface area (Å²) in [6, 6.07) is 10.5. The van der Waals surface area contributed by atoms with Crippen molar-refractivity contribution in [1.29, 1.82) is 5.26 Å². The topological polar surface area (TPSA) is 35.8 Å². The molecule has 1 N–H and O–H groups in total. The minimum Gasteiger partial charge on any atom is -0.319 e. The van der Waals surface area contributed by atoms with E-state index in [1.165, 1.54) is 0 Å². The second kappa shape index (κ2) is 5.04. The summed E-state index contributed by atoms with van der Waals surface area (Å²) >= 11 is 0. The number of hydrogen-bond acceptors (Lipinski definition) is 2. The van der Waals surface area contributed by atoms with E-state index in [1.54, 1.807) is 0 Å². The lowest BCUT2D eigenvalue weighted by Gasteiger charge is -2.05. The van der Waals surface area contributed by atoms with E-state index in [1.807, 2.05) is 25.2 Å². The molecule has 0 heterocycles. The molecule has 0 bridgehead atoms. The highest BCUT2D eigenvalue weighted by atomic mass is 14.8. The number of nitriles is 1. The molecule has 86 valence electrons. The van der Waals surface area contributed by atoms with E-state index in [0.717, 1.165) is 36.9 Å². The summed E-state index contributed by atoms with van der Waals surface area (Å²) in [6.07, 6.45) is 2.82. The summed E-state index contributed by atoms with van der Waals surface area (Å²) in [5, 5.41) is 12.2. The van der Waals surface area contributed by atoms with Crippen molar-refractivity contribution in [3.8, 4) is 17.9 Å². The van der Waals surface area contributed by atoms with Crippen LogP contribution in [0.4, 0.5) is 0 Å². The van der Waals surface area contributed by atoms with Crippen LogP contribution in [0.3, 0.4) is 0 Å². The highest BCUT2D eigenvalue weighted by Gasteiger charge is 2.44. The first-order chi connectivity index (χ1) is 8.30. The van der Waals surface area contributed by atoms with Crippen molar-refractivity contribution in [2.45, 2.75) is 24.7 Å². The van der Waals surface area contributed by atoms with Gasteiger partial charge in [0.2, 0.25) is 0 Å². The number of nitrogens with zero attached hydrogens (tertiary/aromatic N) is 1. The zero-order chi connectivity index (χ0) is 12.1. The van der Waals surface area contributed by atoms with Crippen molar-refractivity contribution in [2.75, 3.05) is 13.6 Å². The minimum atomic E-state index is -0.206. The van der Waals surface area contributed by atoms with E-state index in [-0.39, 0.29) is 5.41 Å². The molecule has 0 spiro atoms. The lowest BCUT2D eigenvalue weighted by molar-refractivity contribution is 0.818. The maximum absolute atomic E-state index is 9.15. The molecule has 0 unspecified atom stereocenters. The van der Waals surface area contributed by atoms with E-state index in [4.69, 9.17) is 5.26 Å². The van der Waals surface area contributed by atoms with Crippen LogP contribution in [0.5, 0.6) is 0 Å². The van der Waals surface area contributed by atoms with Crippen molar-refractivity contribution in [3.63, 3.8) is 0 Å². The Morgan fingerprint density at radius 3 is 2.88 bits per heavy atom. The molecule has 1 saturated carbocycles. The first-order valence-electron chi connectivity index (χ1n) is 5.96. The third-order valence-electron chi connectivity index (χ3n) is 3.11. The second-order valence-corrected chi connectivity index (χ2v) is 4.43.